The minimum absolute atomic E-state index is 0.00304. The molecule has 0 aliphatic heterocycles. The van der Waals surface area contributed by atoms with Gasteiger partial charge in [0.15, 0.2) is 0 Å². The van der Waals surface area contributed by atoms with Crippen molar-refractivity contribution in [3.05, 3.63) is 22.4 Å². The lowest BCUT2D eigenvalue weighted by Gasteiger charge is -2.21. The van der Waals surface area contributed by atoms with E-state index in [0.29, 0.717) is 12.6 Å². The van der Waals surface area contributed by atoms with Gasteiger partial charge in [-0.2, -0.15) is 11.3 Å². The van der Waals surface area contributed by atoms with Crippen molar-refractivity contribution in [2.75, 3.05) is 27.2 Å². The molecule has 20 heavy (non-hydrogen) atoms. The molecule has 0 saturated heterocycles. The molecule has 0 unspecified atom stereocenters. The minimum atomic E-state index is 0.00304. The molecule has 0 aromatic carbocycles. The Balaban J connectivity index is 1.70. The maximum atomic E-state index is 12.1. The topological polar surface area (TPSA) is 52.7 Å². The molecule has 110 valence electrons. The van der Waals surface area contributed by atoms with E-state index in [9.17, 15) is 9.59 Å². The van der Waals surface area contributed by atoms with Crippen LogP contribution in [0, 0.1) is 0 Å². The van der Waals surface area contributed by atoms with Crippen LogP contribution in [0.1, 0.15) is 18.4 Å². The third-order valence-corrected chi connectivity index (χ3v) is 3.92. The number of thiophene rings is 1. The van der Waals surface area contributed by atoms with Gasteiger partial charge in [0.2, 0.25) is 11.8 Å². The zero-order valence-electron chi connectivity index (χ0n) is 12.0. The van der Waals surface area contributed by atoms with Crippen LogP contribution in [0.3, 0.4) is 0 Å². The average Bonchev–Trinajstić information content (AvgIpc) is 3.02. The van der Waals surface area contributed by atoms with Gasteiger partial charge in [-0.15, -0.1) is 0 Å². The lowest BCUT2D eigenvalue weighted by atomic mass is 10.3. The van der Waals surface area contributed by atoms with Crippen molar-refractivity contribution in [2.24, 2.45) is 0 Å². The summed E-state index contributed by atoms with van der Waals surface area (Å²) in [6.45, 7) is 1.15. The molecule has 2 rings (SSSR count). The van der Waals surface area contributed by atoms with Crippen molar-refractivity contribution < 1.29 is 9.59 Å². The summed E-state index contributed by atoms with van der Waals surface area (Å²) in [5, 5.41) is 6.96. The molecule has 5 nitrogen and oxygen atoms in total. The Hall–Kier alpha value is -1.40. The highest BCUT2D eigenvalue weighted by Gasteiger charge is 2.24. The van der Waals surface area contributed by atoms with Crippen LogP contribution >= 0.6 is 11.3 Å². The quantitative estimate of drug-likeness (QED) is 0.814. The average molecular weight is 295 g/mol. The molecule has 1 N–H and O–H groups in total. The molecular formula is C14H21N3O2S. The van der Waals surface area contributed by atoms with E-state index in [-0.39, 0.29) is 24.9 Å². The highest BCUT2D eigenvalue weighted by Crippen LogP contribution is 2.18. The number of nitrogens with one attached hydrogen (secondary N) is 1. The predicted molar refractivity (Wildman–Crippen MR) is 79.5 cm³/mol. The van der Waals surface area contributed by atoms with E-state index in [2.05, 4.69) is 5.32 Å². The van der Waals surface area contributed by atoms with Crippen molar-refractivity contribution in [3.8, 4) is 0 Å². The molecule has 0 radical (unpaired) electrons. The molecule has 6 heteroatoms. The third kappa shape index (κ3) is 4.94. The summed E-state index contributed by atoms with van der Waals surface area (Å²) in [6.07, 6.45) is 2.16. The molecule has 0 bridgehead atoms. The molecule has 0 atom stereocenters. The standard InChI is InChI=1S/C14H21N3O2S/c1-16(8-13(18)15-12-3-4-12)9-14(19)17(2)7-11-5-6-20-10-11/h5-6,10,12H,3-4,7-9H2,1-2H3,(H,15,18). The van der Waals surface area contributed by atoms with E-state index in [4.69, 9.17) is 0 Å². The van der Waals surface area contributed by atoms with E-state index in [0.717, 1.165) is 18.4 Å². The summed E-state index contributed by atoms with van der Waals surface area (Å²) >= 11 is 1.63. The molecule has 2 amide bonds. The number of amides is 2. The highest BCUT2D eigenvalue weighted by molar-refractivity contribution is 7.07. The van der Waals surface area contributed by atoms with Crippen molar-refractivity contribution in [1.29, 1.82) is 0 Å². The van der Waals surface area contributed by atoms with Gasteiger partial charge in [0, 0.05) is 19.6 Å². The first kappa shape index (κ1) is 15.0. The second-order valence-corrected chi connectivity index (χ2v) is 6.18. The first-order chi connectivity index (χ1) is 9.54. The van der Waals surface area contributed by atoms with Crippen LogP contribution in [0.4, 0.5) is 0 Å². The van der Waals surface area contributed by atoms with Crippen LogP contribution < -0.4 is 5.32 Å². The largest absolute Gasteiger partial charge is 0.352 e. The van der Waals surface area contributed by atoms with E-state index >= 15 is 0 Å². The Labute approximate surface area is 123 Å². The fourth-order valence-corrected chi connectivity index (χ4v) is 2.56. The van der Waals surface area contributed by atoms with Crippen LogP contribution in [0.5, 0.6) is 0 Å². The molecule has 1 heterocycles. The Morgan fingerprint density at radius 2 is 2.10 bits per heavy atom. The van der Waals surface area contributed by atoms with Gasteiger partial charge in [-0.05, 0) is 42.3 Å². The number of carbonyl (C=O) groups excluding carboxylic acids is 2. The fraction of sp³-hybridized carbons (Fsp3) is 0.571. The normalized spacial score (nSPS) is 14.3. The number of likely N-dealkylation sites (N-methyl/N-ethyl adjacent to an activating group) is 2. The van der Waals surface area contributed by atoms with Gasteiger partial charge in [-0.3, -0.25) is 14.5 Å². The lowest BCUT2D eigenvalue weighted by Crippen LogP contribution is -2.41. The van der Waals surface area contributed by atoms with E-state index in [1.807, 2.05) is 16.8 Å². The maximum Gasteiger partial charge on any atom is 0.236 e. The van der Waals surface area contributed by atoms with Gasteiger partial charge in [0.25, 0.3) is 0 Å². The smallest absolute Gasteiger partial charge is 0.236 e. The Kier molecular flexibility index (Phi) is 5.14. The van der Waals surface area contributed by atoms with Crippen LogP contribution in [-0.4, -0.2) is 54.8 Å². The maximum absolute atomic E-state index is 12.1. The summed E-state index contributed by atoms with van der Waals surface area (Å²) in [4.78, 5) is 27.1. The number of rotatable bonds is 7. The van der Waals surface area contributed by atoms with Crippen LogP contribution in [0.2, 0.25) is 0 Å². The number of nitrogens with zero attached hydrogens (tertiary/aromatic N) is 2. The first-order valence-corrected chi connectivity index (χ1v) is 7.72. The Bertz CT molecular complexity index is 457. The van der Waals surface area contributed by atoms with Crippen molar-refractivity contribution in [3.63, 3.8) is 0 Å². The third-order valence-electron chi connectivity index (χ3n) is 3.19. The summed E-state index contributed by atoms with van der Waals surface area (Å²) in [7, 11) is 3.58. The summed E-state index contributed by atoms with van der Waals surface area (Å²) in [5.41, 5.74) is 1.14. The van der Waals surface area contributed by atoms with Crippen molar-refractivity contribution >= 4 is 23.2 Å². The van der Waals surface area contributed by atoms with Crippen LogP contribution in [0.15, 0.2) is 16.8 Å². The van der Waals surface area contributed by atoms with Gasteiger partial charge < -0.3 is 10.2 Å². The lowest BCUT2D eigenvalue weighted by molar-refractivity contribution is -0.132. The molecule has 1 fully saturated rings. The molecule has 1 aliphatic carbocycles. The molecule has 1 aromatic rings. The molecule has 1 saturated carbocycles. The van der Waals surface area contributed by atoms with Gasteiger partial charge in [-0.25, -0.2) is 0 Å². The number of hydrogen-bond donors (Lipinski definition) is 1. The second-order valence-electron chi connectivity index (χ2n) is 5.40. The summed E-state index contributed by atoms with van der Waals surface area (Å²) < 4.78 is 0. The van der Waals surface area contributed by atoms with Gasteiger partial charge in [-0.1, -0.05) is 0 Å². The van der Waals surface area contributed by atoms with E-state index < -0.39 is 0 Å². The second kappa shape index (κ2) is 6.85. The summed E-state index contributed by atoms with van der Waals surface area (Å²) in [6, 6.07) is 2.38. The fourth-order valence-electron chi connectivity index (χ4n) is 1.90. The summed E-state index contributed by atoms with van der Waals surface area (Å²) in [5.74, 6) is 0.0289. The van der Waals surface area contributed by atoms with Crippen LogP contribution in [-0.2, 0) is 16.1 Å². The number of carbonyl (C=O) groups is 2. The molecular weight excluding hydrogens is 274 g/mol. The van der Waals surface area contributed by atoms with Crippen molar-refractivity contribution in [2.45, 2.75) is 25.4 Å². The Morgan fingerprint density at radius 3 is 2.70 bits per heavy atom. The monoisotopic (exact) mass is 295 g/mol. The zero-order chi connectivity index (χ0) is 14.5. The minimum Gasteiger partial charge on any atom is -0.352 e. The molecule has 1 aromatic heterocycles. The SMILES string of the molecule is CN(CC(=O)NC1CC1)CC(=O)N(C)Cc1ccsc1. The molecule has 0 spiro atoms. The van der Waals surface area contributed by atoms with Gasteiger partial charge >= 0.3 is 0 Å². The zero-order valence-corrected chi connectivity index (χ0v) is 12.8. The molecule has 1 aliphatic rings. The number of hydrogen-bond acceptors (Lipinski definition) is 4. The van der Waals surface area contributed by atoms with Crippen LogP contribution in [0.25, 0.3) is 0 Å². The van der Waals surface area contributed by atoms with Gasteiger partial charge in [0.05, 0.1) is 13.1 Å². The predicted octanol–water partition coefficient (Wildman–Crippen LogP) is 0.917. The first-order valence-electron chi connectivity index (χ1n) is 6.77. The van der Waals surface area contributed by atoms with Crippen molar-refractivity contribution in [1.82, 2.24) is 15.1 Å². The van der Waals surface area contributed by atoms with E-state index in [1.165, 1.54) is 0 Å². The highest BCUT2D eigenvalue weighted by atomic mass is 32.1. The van der Waals surface area contributed by atoms with E-state index in [1.54, 1.807) is 35.2 Å². The Morgan fingerprint density at radius 1 is 1.35 bits per heavy atom. The van der Waals surface area contributed by atoms with Gasteiger partial charge in [0.1, 0.15) is 0 Å².